The highest BCUT2D eigenvalue weighted by molar-refractivity contribution is 6.01. The number of aromatic nitrogens is 2. The highest BCUT2D eigenvalue weighted by Gasteiger charge is 2.40. The van der Waals surface area contributed by atoms with Gasteiger partial charge in [-0.15, -0.1) is 0 Å². The monoisotopic (exact) mass is 407 g/mol. The van der Waals surface area contributed by atoms with Gasteiger partial charge in [-0.25, -0.2) is 0 Å². The van der Waals surface area contributed by atoms with Gasteiger partial charge in [-0.1, -0.05) is 66.2 Å². The van der Waals surface area contributed by atoms with Crippen LogP contribution in [-0.2, 0) is 16.8 Å². The molecule has 0 aliphatic carbocycles. The maximum absolute atomic E-state index is 13.9. The van der Waals surface area contributed by atoms with Gasteiger partial charge >= 0.3 is 0 Å². The number of hydrogen-bond acceptors (Lipinski definition) is 1. The Morgan fingerprint density at radius 1 is 0.806 bits per heavy atom. The van der Waals surface area contributed by atoms with Crippen LogP contribution in [0.5, 0.6) is 0 Å². The molecule has 0 bridgehead atoms. The van der Waals surface area contributed by atoms with Crippen LogP contribution in [0.2, 0.25) is 0 Å². The smallest absolute Gasteiger partial charge is 0.235 e. The minimum Gasteiger partial charge on any atom is -0.361 e. The standard InChI is InChI=1S/C27H25N3O/c1-18-11-13-19(14-12-18)15-30-26(31)27(2,22-16-28-24-9-5-3-7-20(22)24)23-17-29-25-10-6-4-8-21(23)25/h3-14,16-17,28-29H,15H2,1-2H3,(H,30,31). The Labute approximate surface area is 181 Å². The molecule has 5 aromatic rings. The molecule has 0 spiro atoms. The van der Waals surface area contributed by atoms with Crippen molar-refractivity contribution in [2.24, 2.45) is 0 Å². The minimum atomic E-state index is -0.871. The van der Waals surface area contributed by atoms with Gasteiger partial charge in [-0.05, 0) is 42.7 Å². The lowest BCUT2D eigenvalue weighted by molar-refractivity contribution is -0.125. The predicted molar refractivity (Wildman–Crippen MR) is 126 cm³/mol. The summed E-state index contributed by atoms with van der Waals surface area (Å²) < 4.78 is 0. The molecule has 0 saturated carbocycles. The second-order valence-corrected chi connectivity index (χ2v) is 8.29. The van der Waals surface area contributed by atoms with Crippen molar-refractivity contribution in [3.05, 3.63) is 107 Å². The van der Waals surface area contributed by atoms with Crippen LogP contribution in [0.15, 0.2) is 85.2 Å². The number of H-pyrrole nitrogens is 2. The van der Waals surface area contributed by atoms with E-state index in [-0.39, 0.29) is 5.91 Å². The molecule has 0 aliphatic heterocycles. The van der Waals surface area contributed by atoms with Crippen LogP contribution in [0.25, 0.3) is 21.8 Å². The van der Waals surface area contributed by atoms with Crippen LogP contribution in [0.4, 0.5) is 0 Å². The SMILES string of the molecule is Cc1ccc(CNC(=O)C(C)(c2c[nH]c3ccccc23)c2c[nH]c3ccccc23)cc1. The quantitative estimate of drug-likeness (QED) is 0.350. The average molecular weight is 408 g/mol. The number of aromatic amines is 2. The van der Waals surface area contributed by atoms with Crippen LogP contribution in [0, 0.1) is 6.92 Å². The van der Waals surface area contributed by atoms with Crippen molar-refractivity contribution < 1.29 is 4.79 Å². The van der Waals surface area contributed by atoms with E-state index in [1.807, 2.05) is 55.7 Å². The largest absolute Gasteiger partial charge is 0.361 e. The van der Waals surface area contributed by atoms with Crippen LogP contribution in [-0.4, -0.2) is 15.9 Å². The van der Waals surface area contributed by atoms with E-state index in [2.05, 4.69) is 58.6 Å². The Hall–Kier alpha value is -3.79. The zero-order valence-electron chi connectivity index (χ0n) is 17.7. The van der Waals surface area contributed by atoms with Gasteiger partial charge in [0.25, 0.3) is 0 Å². The molecule has 0 radical (unpaired) electrons. The molecule has 4 nitrogen and oxygen atoms in total. The van der Waals surface area contributed by atoms with Crippen molar-refractivity contribution in [3.8, 4) is 0 Å². The van der Waals surface area contributed by atoms with Gasteiger partial charge < -0.3 is 15.3 Å². The Kier molecular flexibility index (Phi) is 4.63. The fourth-order valence-electron chi connectivity index (χ4n) is 4.43. The second kappa shape index (κ2) is 7.47. The van der Waals surface area contributed by atoms with E-state index in [1.165, 1.54) is 5.56 Å². The van der Waals surface area contributed by atoms with Crippen LogP contribution in [0.3, 0.4) is 0 Å². The van der Waals surface area contributed by atoms with Crippen molar-refractivity contribution >= 4 is 27.7 Å². The maximum Gasteiger partial charge on any atom is 0.235 e. The highest BCUT2D eigenvalue weighted by atomic mass is 16.2. The molecule has 3 aromatic carbocycles. The molecule has 0 aliphatic rings. The number of carbonyl (C=O) groups excluding carboxylic acids is 1. The van der Waals surface area contributed by atoms with Crippen molar-refractivity contribution in [3.63, 3.8) is 0 Å². The van der Waals surface area contributed by atoms with Gasteiger partial charge in [-0.2, -0.15) is 0 Å². The summed E-state index contributed by atoms with van der Waals surface area (Å²) in [7, 11) is 0. The Morgan fingerprint density at radius 3 is 1.87 bits per heavy atom. The van der Waals surface area contributed by atoms with Gasteiger partial charge in [-0.3, -0.25) is 4.79 Å². The number of fused-ring (bicyclic) bond motifs is 2. The molecule has 0 saturated heterocycles. The van der Waals surface area contributed by atoms with Gasteiger partial charge in [0, 0.05) is 40.7 Å². The van der Waals surface area contributed by atoms with Gasteiger partial charge in [0.2, 0.25) is 5.91 Å². The molecule has 3 N–H and O–H groups in total. The van der Waals surface area contributed by atoms with E-state index >= 15 is 0 Å². The summed E-state index contributed by atoms with van der Waals surface area (Å²) >= 11 is 0. The third-order valence-corrected chi connectivity index (χ3v) is 6.28. The van der Waals surface area contributed by atoms with E-state index < -0.39 is 5.41 Å². The zero-order valence-corrected chi connectivity index (χ0v) is 17.7. The lowest BCUT2D eigenvalue weighted by Gasteiger charge is -2.28. The molecule has 31 heavy (non-hydrogen) atoms. The number of benzene rings is 3. The average Bonchev–Trinajstić information content (AvgIpc) is 3.43. The van der Waals surface area contributed by atoms with Crippen molar-refractivity contribution in [1.82, 2.24) is 15.3 Å². The summed E-state index contributed by atoms with van der Waals surface area (Å²) in [6.07, 6.45) is 3.94. The number of nitrogens with one attached hydrogen (secondary N) is 3. The highest BCUT2D eigenvalue weighted by Crippen LogP contribution is 2.40. The molecule has 5 rings (SSSR count). The third-order valence-electron chi connectivity index (χ3n) is 6.28. The number of carbonyl (C=O) groups is 1. The summed E-state index contributed by atoms with van der Waals surface area (Å²) in [5.41, 5.74) is 5.40. The molecule has 0 unspecified atom stereocenters. The molecule has 0 fully saturated rings. The van der Waals surface area contributed by atoms with Gasteiger partial charge in [0.05, 0.1) is 0 Å². The molecule has 2 aromatic heterocycles. The Morgan fingerprint density at radius 2 is 1.32 bits per heavy atom. The lowest BCUT2D eigenvalue weighted by atomic mass is 9.75. The summed E-state index contributed by atoms with van der Waals surface area (Å²) in [6.45, 7) is 4.57. The van der Waals surface area contributed by atoms with Gasteiger partial charge in [0.15, 0.2) is 0 Å². The van der Waals surface area contributed by atoms with E-state index in [0.717, 1.165) is 38.5 Å². The summed E-state index contributed by atoms with van der Waals surface area (Å²) in [6, 6.07) is 24.5. The zero-order chi connectivity index (χ0) is 21.4. The second-order valence-electron chi connectivity index (χ2n) is 8.29. The fourth-order valence-corrected chi connectivity index (χ4v) is 4.43. The molecule has 2 heterocycles. The molecule has 0 atom stereocenters. The summed E-state index contributed by atoms with van der Waals surface area (Å²) in [5, 5.41) is 5.31. The molecule has 1 amide bonds. The van der Waals surface area contributed by atoms with Gasteiger partial charge in [0.1, 0.15) is 5.41 Å². The van der Waals surface area contributed by atoms with Crippen LogP contribution >= 0.6 is 0 Å². The fraction of sp³-hybridized carbons (Fsp3) is 0.148. The Bertz CT molecular complexity index is 1300. The number of hydrogen-bond donors (Lipinski definition) is 3. The van der Waals surface area contributed by atoms with Crippen LogP contribution in [0.1, 0.15) is 29.2 Å². The van der Waals surface area contributed by atoms with E-state index in [0.29, 0.717) is 6.54 Å². The number of aryl methyl sites for hydroxylation is 1. The molecule has 4 heteroatoms. The normalized spacial score (nSPS) is 11.8. The minimum absolute atomic E-state index is 0.0254. The van der Waals surface area contributed by atoms with Crippen molar-refractivity contribution in [2.75, 3.05) is 0 Å². The summed E-state index contributed by atoms with van der Waals surface area (Å²) in [5.74, 6) is -0.0254. The van der Waals surface area contributed by atoms with Crippen LogP contribution < -0.4 is 5.32 Å². The predicted octanol–water partition coefficient (Wildman–Crippen LogP) is 5.58. The summed E-state index contributed by atoms with van der Waals surface area (Å²) in [4.78, 5) is 20.5. The number of rotatable bonds is 5. The first kappa shape index (κ1) is 19.2. The third kappa shape index (κ3) is 3.21. The number of amides is 1. The molecule has 154 valence electrons. The maximum atomic E-state index is 13.9. The molecular weight excluding hydrogens is 382 g/mol. The van der Waals surface area contributed by atoms with Crippen molar-refractivity contribution in [2.45, 2.75) is 25.8 Å². The first-order chi connectivity index (χ1) is 15.1. The first-order valence-corrected chi connectivity index (χ1v) is 10.5. The van der Waals surface area contributed by atoms with E-state index in [1.54, 1.807) is 0 Å². The Balaban J connectivity index is 1.62. The first-order valence-electron chi connectivity index (χ1n) is 10.5. The lowest BCUT2D eigenvalue weighted by Crippen LogP contribution is -2.42. The van der Waals surface area contributed by atoms with E-state index in [4.69, 9.17) is 0 Å². The topological polar surface area (TPSA) is 60.7 Å². The molecular formula is C27H25N3O. The van der Waals surface area contributed by atoms with Crippen molar-refractivity contribution in [1.29, 1.82) is 0 Å². The van der Waals surface area contributed by atoms with E-state index in [9.17, 15) is 4.79 Å². The number of para-hydroxylation sites is 2.